The first-order valence-electron chi connectivity index (χ1n) is 5.91. The summed E-state index contributed by atoms with van der Waals surface area (Å²) in [7, 11) is 5.56. The number of carbonyl (C=O) groups excluding carboxylic acids is 1. The van der Waals surface area contributed by atoms with Crippen molar-refractivity contribution in [3.63, 3.8) is 0 Å². The number of hydrogen-bond donors (Lipinski definition) is 2. The second kappa shape index (κ2) is 6.86. The van der Waals surface area contributed by atoms with Gasteiger partial charge in [0.2, 0.25) is 0 Å². The fourth-order valence-corrected chi connectivity index (χ4v) is 1.57. The number of nitrogens with one attached hydrogen (secondary N) is 1. The summed E-state index contributed by atoms with van der Waals surface area (Å²) in [6.07, 6.45) is 0.921. The van der Waals surface area contributed by atoms with Crippen LogP contribution < -0.4 is 15.8 Å². The predicted octanol–water partition coefficient (Wildman–Crippen LogP) is 0.959. The molecule has 1 aromatic carbocycles. The molecule has 0 saturated carbocycles. The predicted molar refractivity (Wildman–Crippen MR) is 72.9 cm³/mol. The van der Waals surface area contributed by atoms with E-state index in [0.717, 1.165) is 13.0 Å². The van der Waals surface area contributed by atoms with E-state index in [1.165, 1.54) is 0 Å². The first kappa shape index (κ1) is 14.3. The molecule has 18 heavy (non-hydrogen) atoms. The van der Waals surface area contributed by atoms with Crippen molar-refractivity contribution in [2.24, 2.45) is 0 Å². The van der Waals surface area contributed by atoms with E-state index in [1.807, 2.05) is 14.1 Å². The average molecular weight is 251 g/mol. The molecular weight excluding hydrogens is 230 g/mol. The van der Waals surface area contributed by atoms with Gasteiger partial charge in [-0.3, -0.25) is 4.79 Å². The van der Waals surface area contributed by atoms with E-state index in [4.69, 9.17) is 10.5 Å². The number of hydrogen-bond acceptors (Lipinski definition) is 4. The summed E-state index contributed by atoms with van der Waals surface area (Å²) < 4.78 is 5.04. The van der Waals surface area contributed by atoms with Gasteiger partial charge in [0.1, 0.15) is 5.75 Å². The number of benzene rings is 1. The first-order chi connectivity index (χ1) is 8.54. The molecule has 3 N–H and O–H groups in total. The molecule has 1 aromatic rings. The quantitative estimate of drug-likeness (QED) is 0.583. The van der Waals surface area contributed by atoms with Gasteiger partial charge in [-0.2, -0.15) is 0 Å². The number of carbonyl (C=O) groups is 1. The lowest BCUT2D eigenvalue weighted by Crippen LogP contribution is -2.27. The van der Waals surface area contributed by atoms with Crippen molar-refractivity contribution in [2.75, 3.05) is 40.0 Å². The van der Waals surface area contributed by atoms with E-state index < -0.39 is 0 Å². The van der Waals surface area contributed by atoms with Crippen molar-refractivity contribution in [2.45, 2.75) is 6.42 Å². The van der Waals surface area contributed by atoms with E-state index in [9.17, 15) is 4.79 Å². The Hall–Kier alpha value is -1.75. The van der Waals surface area contributed by atoms with E-state index in [0.29, 0.717) is 23.5 Å². The van der Waals surface area contributed by atoms with Crippen molar-refractivity contribution < 1.29 is 9.53 Å². The molecule has 0 unspecified atom stereocenters. The maximum Gasteiger partial charge on any atom is 0.251 e. The number of nitrogen functional groups attached to an aromatic ring is 1. The standard InChI is InChI=1S/C13H21N3O2/c1-16(2)8-4-7-15-13(17)10-5-6-12(18-3)11(14)9-10/h5-6,9H,4,7-8,14H2,1-3H3,(H,15,17). The van der Waals surface area contributed by atoms with Gasteiger partial charge in [0.05, 0.1) is 12.8 Å². The van der Waals surface area contributed by atoms with E-state index in [2.05, 4.69) is 10.2 Å². The van der Waals surface area contributed by atoms with Crippen LogP contribution in [-0.2, 0) is 0 Å². The molecule has 100 valence electrons. The molecule has 1 amide bonds. The highest BCUT2D eigenvalue weighted by Crippen LogP contribution is 2.21. The SMILES string of the molecule is COc1ccc(C(=O)NCCCN(C)C)cc1N. The molecule has 1 rings (SSSR count). The van der Waals surface area contributed by atoms with Crippen LogP contribution in [0, 0.1) is 0 Å². The minimum atomic E-state index is -0.108. The van der Waals surface area contributed by atoms with E-state index >= 15 is 0 Å². The number of ether oxygens (including phenoxy) is 1. The highest BCUT2D eigenvalue weighted by Gasteiger charge is 2.07. The number of rotatable bonds is 6. The van der Waals surface area contributed by atoms with Crippen molar-refractivity contribution in [1.82, 2.24) is 10.2 Å². The highest BCUT2D eigenvalue weighted by atomic mass is 16.5. The summed E-state index contributed by atoms with van der Waals surface area (Å²) in [5.74, 6) is 0.474. The van der Waals surface area contributed by atoms with Gasteiger partial charge in [0.15, 0.2) is 0 Å². The van der Waals surface area contributed by atoms with Crippen LogP contribution in [0.3, 0.4) is 0 Å². The fourth-order valence-electron chi connectivity index (χ4n) is 1.57. The Morgan fingerprint density at radius 3 is 2.72 bits per heavy atom. The minimum absolute atomic E-state index is 0.108. The third kappa shape index (κ3) is 4.25. The van der Waals surface area contributed by atoms with Crippen LogP contribution in [0.4, 0.5) is 5.69 Å². The van der Waals surface area contributed by atoms with Crippen LogP contribution in [-0.4, -0.2) is 45.1 Å². The summed E-state index contributed by atoms with van der Waals surface area (Å²) in [6, 6.07) is 5.03. The number of nitrogens with two attached hydrogens (primary N) is 1. The van der Waals surface area contributed by atoms with Gasteiger partial charge in [-0.1, -0.05) is 0 Å². The van der Waals surface area contributed by atoms with Crippen LogP contribution in [0.1, 0.15) is 16.8 Å². The molecule has 0 fully saturated rings. The summed E-state index contributed by atoms with van der Waals surface area (Å²) >= 11 is 0. The average Bonchev–Trinajstić information content (AvgIpc) is 2.34. The van der Waals surface area contributed by atoms with Gasteiger partial charge in [-0.25, -0.2) is 0 Å². The van der Waals surface area contributed by atoms with E-state index in [-0.39, 0.29) is 5.91 Å². The zero-order chi connectivity index (χ0) is 13.5. The summed E-state index contributed by atoms with van der Waals surface area (Å²) in [5.41, 5.74) is 6.78. The van der Waals surface area contributed by atoms with Crippen LogP contribution in [0.15, 0.2) is 18.2 Å². The second-order valence-electron chi connectivity index (χ2n) is 4.37. The molecule has 0 aliphatic heterocycles. The third-order valence-electron chi connectivity index (χ3n) is 2.56. The molecule has 0 aliphatic rings. The van der Waals surface area contributed by atoms with Crippen LogP contribution >= 0.6 is 0 Å². The summed E-state index contributed by atoms with van der Waals surface area (Å²) in [5, 5.41) is 2.86. The molecule has 0 spiro atoms. The van der Waals surface area contributed by atoms with Crippen LogP contribution in [0.2, 0.25) is 0 Å². The number of methoxy groups -OCH3 is 1. The van der Waals surface area contributed by atoms with Crippen molar-refractivity contribution >= 4 is 11.6 Å². The lowest BCUT2D eigenvalue weighted by Gasteiger charge is -2.10. The van der Waals surface area contributed by atoms with Gasteiger partial charge in [-0.15, -0.1) is 0 Å². The fraction of sp³-hybridized carbons (Fsp3) is 0.462. The van der Waals surface area contributed by atoms with Crippen LogP contribution in [0.25, 0.3) is 0 Å². The maximum absolute atomic E-state index is 11.8. The minimum Gasteiger partial charge on any atom is -0.495 e. The normalized spacial score (nSPS) is 10.4. The lowest BCUT2D eigenvalue weighted by molar-refractivity contribution is 0.0952. The lowest BCUT2D eigenvalue weighted by atomic mass is 10.1. The molecule has 5 nitrogen and oxygen atoms in total. The first-order valence-corrected chi connectivity index (χ1v) is 5.91. The van der Waals surface area contributed by atoms with Gasteiger partial charge in [-0.05, 0) is 45.3 Å². The molecule has 0 aromatic heterocycles. The Balaban J connectivity index is 2.49. The Morgan fingerprint density at radius 2 is 2.17 bits per heavy atom. The maximum atomic E-state index is 11.8. The third-order valence-corrected chi connectivity index (χ3v) is 2.56. The molecular formula is C13H21N3O2. The van der Waals surface area contributed by atoms with Gasteiger partial charge < -0.3 is 20.7 Å². The van der Waals surface area contributed by atoms with Crippen molar-refractivity contribution in [1.29, 1.82) is 0 Å². The van der Waals surface area contributed by atoms with Gasteiger partial charge >= 0.3 is 0 Å². The molecule has 5 heteroatoms. The molecule has 0 saturated heterocycles. The second-order valence-corrected chi connectivity index (χ2v) is 4.37. The molecule has 0 aliphatic carbocycles. The zero-order valence-corrected chi connectivity index (χ0v) is 11.2. The Morgan fingerprint density at radius 1 is 1.44 bits per heavy atom. The van der Waals surface area contributed by atoms with Gasteiger partial charge in [0.25, 0.3) is 5.91 Å². The van der Waals surface area contributed by atoms with Gasteiger partial charge in [0, 0.05) is 12.1 Å². The summed E-state index contributed by atoms with van der Waals surface area (Å²) in [4.78, 5) is 13.9. The molecule has 0 heterocycles. The monoisotopic (exact) mass is 251 g/mol. The zero-order valence-electron chi connectivity index (χ0n) is 11.2. The Bertz CT molecular complexity index is 405. The topological polar surface area (TPSA) is 67.6 Å². The highest BCUT2D eigenvalue weighted by molar-refractivity contribution is 5.95. The van der Waals surface area contributed by atoms with Crippen molar-refractivity contribution in [3.8, 4) is 5.75 Å². The molecule has 0 radical (unpaired) electrons. The Labute approximate surface area is 108 Å². The number of amides is 1. The largest absolute Gasteiger partial charge is 0.495 e. The molecule has 0 bridgehead atoms. The Kier molecular flexibility index (Phi) is 5.45. The summed E-state index contributed by atoms with van der Waals surface area (Å²) in [6.45, 7) is 1.61. The number of nitrogens with zero attached hydrogens (tertiary/aromatic N) is 1. The number of anilines is 1. The smallest absolute Gasteiger partial charge is 0.251 e. The van der Waals surface area contributed by atoms with Crippen LogP contribution in [0.5, 0.6) is 5.75 Å². The van der Waals surface area contributed by atoms with Crippen molar-refractivity contribution in [3.05, 3.63) is 23.8 Å². The molecule has 0 atom stereocenters. The van der Waals surface area contributed by atoms with E-state index in [1.54, 1.807) is 25.3 Å².